The van der Waals surface area contributed by atoms with Crippen molar-refractivity contribution < 1.29 is 141 Å². The Labute approximate surface area is 213 Å². The van der Waals surface area contributed by atoms with Gasteiger partial charge in [-0.2, -0.15) is 12.6 Å². The Balaban J connectivity index is -0.0000000262. The third kappa shape index (κ3) is 711. The van der Waals surface area contributed by atoms with Crippen LogP contribution in [0.3, 0.4) is 0 Å². The summed E-state index contributed by atoms with van der Waals surface area (Å²) in [6, 6.07) is 0. The first kappa shape index (κ1) is 45.2. The van der Waals surface area contributed by atoms with Crippen LogP contribution in [0.1, 0.15) is 0 Å². The molecule has 0 aliphatic heterocycles. The van der Waals surface area contributed by atoms with Crippen LogP contribution >= 0.6 is 0 Å². The summed E-state index contributed by atoms with van der Waals surface area (Å²) in [4.78, 5) is 0. The monoisotopic (exact) mass is 534 g/mol. The van der Waals surface area contributed by atoms with E-state index < -0.39 is 42.8 Å². The van der Waals surface area contributed by atoms with Gasteiger partial charge in [0.2, 0.25) is 0 Å². The molecule has 0 radical (unpaired) electrons. The number of hydrogen-bond acceptors (Lipinski definition) is 9. The Morgan fingerprint density at radius 1 is 0.591 bits per heavy atom. The first-order valence-corrected chi connectivity index (χ1v) is 12.1. The van der Waals surface area contributed by atoms with Crippen LogP contribution in [-0.4, -0.2) is 55.6 Å². The maximum absolute atomic E-state index is 9.11. The van der Waals surface area contributed by atoms with Gasteiger partial charge < -0.3 is 0 Å². The van der Waals surface area contributed by atoms with E-state index in [1.807, 2.05) is 0 Å². The van der Waals surface area contributed by atoms with Gasteiger partial charge in [0.25, 0.3) is 27.2 Å². The van der Waals surface area contributed by atoms with E-state index in [2.05, 4.69) is 33.6 Å². The Bertz CT molecular complexity index is 393. The Morgan fingerprint density at radius 3 is 0.591 bits per heavy atom. The van der Waals surface area contributed by atoms with Gasteiger partial charge in [0, 0.05) is 33.6 Å². The van der Waals surface area contributed by atoms with Crippen LogP contribution in [0.4, 0.5) is 0 Å². The molecule has 0 aliphatic rings. The molecule has 12 nitrogen and oxygen atoms in total. The molecular formula is H6AsNa3O12S6. The molecule has 22 heteroatoms. The van der Waals surface area contributed by atoms with E-state index in [9.17, 15) is 0 Å². The predicted molar refractivity (Wildman–Crippen MR) is 68.0 cm³/mol. The van der Waals surface area contributed by atoms with Crippen LogP contribution in [0.25, 0.3) is 0 Å². The minimum atomic E-state index is -3.94. The zero-order chi connectivity index (χ0) is 17.1. The fourth-order valence-electron chi connectivity index (χ4n) is 0. The van der Waals surface area contributed by atoms with Crippen LogP contribution in [0.5, 0.6) is 0 Å². The fraction of sp³-hybridized carbons (Fsp3) is 0. The minimum absolute atomic E-state index is 0. The molecule has 0 saturated heterocycles. The average Bonchev–Trinajstić information content (AvgIpc) is 1.66. The molecule has 0 atom stereocenters. The van der Waals surface area contributed by atoms with Gasteiger partial charge in [0.15, 0.2) is 0 Å². The molecule has 0 aliphatic carbocycles. The molecule has 0 aromatic rings. The number of rotatable bonds is 0. The molecule has 0 amide bonds. The van der Waals surface area contributed by atoms with E-state index >= 15 is 0 Å². The molecule has 0 rings (SSSR count). The van der Waals surface area contributed by atoms with Crippen molar-refractivity contribution in [3.8, 4) is 0 Å². The van der Waals surface area contributed by atoms with E-state index in [1.165, 1.54) is 0 Å². The van der Waals surface area contributed by atoms with Crippen molar-refractivity contribution in [2.24, 2.45) is 0 Å². The van der Waals surface area contributed by atoms with Gasteiger partial charge in [-0.25, -0.2) is 0 Å². The van der Waals surface area contributed by atoms with Gasteiger partial charge in [0.1, 0.15) is 0 Å². The van der Waals surface area contributed by atoms with Crippen LogP contribution < -0.4 is 101 Å². The van der Waals surface area contributed by atoms with Crippen molar-refractivity contribution >= 4 is 76.4 Å². The summed E-state index contributed by atoms with van der Waals surface area (Å²) in [7, 11) is -11.5. The molecule has 0 spiro atoms. The van der Waals surface area contributed by atoms with Gasteiger partial charge in [-0.05, 0) is 0 Å². The van der Waals surface area contributed by atoms with Gasteiger partial charge in [0.05, 0.1) is 0 Å². The topological polar surface area (TPSA) is 242 Å². The molecule has 0 unspecified atom stereocenters. The Kier molecular flexibility index (Phi) is 48.0. The van der Waals surface area contributed by atoms with E-state index in [4.69, 9.17) is 52.2 Å². The second kappa shape index (κ2) is 23.3. The van der Waals surface area contributed by atoms with Crippen LogP contribution in [0.2, 0.25) is 0 Å². The third-order valence-corrected chi connectivity index (χ3v) is 0. The molecule has 0 bridgehead atoms. The standard InChI is InChI=1S/AsO3.3Na.3H2O3S2/c2-1(3)4;;;;3*1-5(2,3)4/h;;;;3*(H2,1,2,3,4)/q-3;3*+1;;;. The molecule has 0 saturated carbocycles. The average molecular weight is 534 g/mol. The molecule has 6 N–H and O–H groups in total. The third-order valence-electron chi connectivity index (χ3n) is 0. The predicted octanol–water partition coefficient (Wildman–Crippen LogP) is -13.9. The van der Waals surface area contributed by atoms with E-state index in [0.29, 0.717) is 0 Å². The fourth-order valence-corrected chi connectivity index (χ4v) is 0. The first-order chi connectivity index (χ1) is 7.73. The summed E-state index contributed by atoms with van der Waals surface area (Å²) in [5.74, 6) is 0. The van der Waals surface area contributed by atoms with Crippen molar-refractivity contribution in [3.05, 3.63) is 0 Å². The van der Waals surface area contributed by atoms with Gasteiger partial charge in [-0.15, -0.1) is 0 Å². The molecule has 22 heavy (non-hydrogen) atoms. The van der Waals surface area contributed by atoms with Crippen LogP contribution in [0, 0.1) is 0 Å². The van der Waals surface area contributed by atoms with Crippen LogP contribution in [0.15, 0.2) is 0 Å². The molecule has 0 fully saturated rings. The zero-order valence-corrected chi connectivity index (χ0v) is 23.8. The van der Waals surface area contributed by atoms with Gasteiger partial charge >= 0.3 is 117 Å². The summed E-state index contributed by atoms with van der Waals surface area (Å²) in [5, 5.41) is 0. The Morgan fingerprint density at radius 2 is 0.591 bits per heavy atom. The van der Waals surface area contributed by atoms with Crippen LogP contribution in [-0.2, 0) is 60.7 Å². The molecule has 122 valence electrons. The molecule has 0 aromatic heterocycles. The summed E-state index contributed by atoms with van der Waals surface area (Å²) in [5.41, 5.74) is 0. The zero-order valence-electron chi connectivity index (χ0n) is 11.0. The van der Waals surface area contributed by atoms with Crippen molar-refractivity contribution in [3.63, 3.8) is 0 Å². The summed E-state index contributed by atoms with van der Waals surface area (Å²) < 4.78 is 97.5. The van der Waals surface area contributed by atoms with Crippen molar-refractivity contribution in [1.82, 2.24) is 0 Å². The summed E-state index contributed by atoms with van der Waals surface area (Å²) in [6.45, 7) is 0. The summed E-state index contributed by atoms with van der Waals surface area (Å²) in [6.07, 6.45) is 0. The van der Waals surface area contributed by atoms with E-state index in [0.717, 1.165) is 0 Å². The van der Waals surface area contributed by atoms with Crippen molar-refractivity contribution in [2.45, 2.75) is 0 Å². The van der Waals surface area contributed by atoms with Gasteiger partial charge in [-0.1, -0.05) is 0 Å². The van der Waals surface area contributed by atoms with Crippen molar-refractivity contribution in [1.29, 1.82) is 0 Å². The quantitative estimate of drug-likeness (QED) is 0.158. The molecule has 0 heterocycles. The second-order valence-corrected chi connectivity index (χ2v) is 9.10. The SMILES string of the molecule is O=S(O)(O)=S.O=S(O)(O)=S.O=S(O)(O)=S.[Na+].[Na+].[Na+].[O-][As]([O-])[O-]. The number of hydrogen-bond donors (Lipinski definition) is 6. The molecule has 0 aromatic carbocycles. The second-order valence-electron chi connectivity index (χ2n) is 1.57. The summed E-state index contributed by atoms with van der Waals surface area (Å²) >= 11 is 6.46. The van der Waals surface area contributed by atoms with Gasteiger partial charge in [-0.3, -0.25) is 27.3 Å². The normalized spacial score (nSPS) is 9.55. The Hall–Kier alpha value is 4.31. The van der Waals surface area contributed by atoms with E-state index in [-0.39, 0.29) is 88.7 Å². The van der Waals surface area contributed by atoms with Crippen molar-refractivity contribution in [2.75, 3.05) is 0 Å². The first-order valence-electron chi connectivity index (χ1n) is 2.64. The van der Waals surface area contributed by atoms with E-state index in [1.54, 1.807) is 0 Å². The maximum atomic E-state index is 9.11. The molecular weight excluding hydrogens is 528 g/mol.